The minimum Gasteiger partial charge on any atom is -0.380 e. The van der Waals surface area contributed by atoms with E-state index >= 15 is 0 Å². The van der Waals surface area contributed by atoms with Gasteiger partial charge >= 0.3 is 6.18 Å². The summed E-state index contributed by atoms with van der Waals surface area (Å²) < 4.78 is 39.8. The molecule has 3 aliphatic rings. The second-order valence-corrected chi connectivity index (χ2v) is 10.8. The standard InChI is InChI=1S/C26H29ClF3N5O3.CH4/c27-19-1-4-22(5-2-19)34-14-17-12-32(13-18(17)15-34)9-8-25(36)33-10-7-21(16-33)31-20-3-6-24(35(37)38)23(11-20)26(28,29)30;/h1-6,11,17-18,21,31H,7-10,12-16H2;1H4/t17?,18?,21-;/m1./s1. The van der Waals surface area contributed by atoms with Crippen molar-refractivity contribution < 1.29 is 22.9 Å². The first kappa shape index (κ1) is 28.9. The van der Waals surface area contributed by atoms with Crippen LogP contribution in [-0.2, 0) is 11.0 Å². The quantitative estimate of drug-likeness (QED) is 0.358. The molecule has 2 unspecified atom stereocenters. The molecular weight excluding hydrogens is 535 g/mol. The van der Waals surface area contributed by atoms with Gasteiger partial charge in [-0.3, -0.25) is 14.9 Å². The molecule has 1 N–H and O–H groups in total. The van der Waals surface area contributed by atoms with E-state index in [1.54, 1.807) is 4.90 Å². The van der Waals surface area contributed by atoms with Gasteiger partial charge in [0.1, 0.15) is 5.56 Å². The number of hydrogen-bond acceptors (Lipinski definition) is 6. The van der Waals surface area contributed by atoms with Crippen molar-refractivity contribution in [1.82, 2.24) is 9.80 Å². The zero-order valence-corrected chi connectivity index (χ0v) is 21.4. The van der Waals surface area contributed by atoms with E-state index in [1.807, 2.05) is 12.1 Å². The van der Waals surface area contributed by atoms with E-state index < -0.39 is 22.4 Å². The van der Waals surface area contributed by atoms with Gasteiger partial charge in [0, 0.05) is 80.7 Å². The molecule has 2 aromatic carbocycles. The summed E-state index contributed by atoms with van der Waals surface area (Å²) in [5.74, 6) is 1.18. The molecule has 0 spiro atoms. The van der Waals surface area contributed by atoms with Crippen LogP contribution in [0.15, 0.2) is 42.5 Å². The molecule has 0 radical (unpaired) electrons. The van der Waals surface area contributed by atoms with Gasteiger partial charge in [0.05, 0.1) is 4.92 Å². The SMILES string of the molecule is C.O=C(CCN1CC2CN(c3ccc(Cl)cc3)CC2C1)N1CC[C@@H](Nc2ccc([N+](=O)[O-])c(C(F)(F)F)c2)C1. The largest absolute Gasteiger partial charge is 0.423 e. The van der Waals surface area contributed by atoms with Gasteiger partial charge in [0.2, 0.25) is 5.91 Å². The number of benzene rings is 2. The van der Waals surface area contributed by atoms with Crippen molar-refractivity contribution in [3.8, 4) is 0 Å². The Balaban J connectivity index is 0.00000353. The summed E-state index contributed by atoms with van der Waals surface area (Å²) in [6, 6.07) is 10.6. The number of likely N-dealkylation sites (tertiary alicyclic amines) is 2. The molecule has 3 saturated heterocycles. The molecule has 3 atom stereocenters. The predicted molar refractivity (Wildman–Crippen MR) is 145 cm³/mol. The number of fused-ring (bicyclic) bond motifs is 1. The maximum Gasteiger partial charge on any atom is 0.423 e. The maximum absolute atomic E-state index is 13.3. The minimum atomic E-state index is -4.83. The van der Waals surface area contributed by atoms with Crippen LogP contribution >= 0.6 is 11.6 Å². The van der Waals surface area contributed by atoms with Gasteiger partial charge in [0.15, 0.2) is 0 Å². The summed E-state index contributed by atoms with van der Waals surface area (Å²) in [6.07, 6.45) is -3.83. The lowest BCUT2D eigenvalue weighted by atomic mass is 10.0. The fourth-order valence-electron chi connectivity index (χ4n) is 5.90. The Bertz CT molecular complexity index is 1180. The van der Waals surface area contributed by atoms with Gasteiger partial charge in [-0.2, -0.15) is 13.2 Å². The van der Waals surface area contributed by atoms with Crippen LogP contribution in [0.4, 0.5) is 30.2 Å². The molecule has 39 heavy (non-hydrogen) atoms. The van der Waals surface area contributed by atoms with E-state index in [1.165, 1.54) is 11.8 Å². The first-order chi connectivity index (χ1) is 18.1. The molecule has 0 bridgehead atoms. The summed E-state index contributed by atoms with van der Waals surface area (Å²) in [6.45, 7) is 5.53. The number of carbonyl (C=O) groups excluding carboxylic acids is 1. The Kier molecular flexibility index (Phi) is 8.60. The number of halogens is 4. The maximum atomic E-state index is 13.3. The number of hydrogen-bond donors (Lipinski definition) is 1. The fraction of sp³-hybridized carbons (Fsp3) is 0.519. The number of carbonyl (C=O) groups is 1. The van der Waals surface area contributed by atoms with Crippen LogP contribution < -0.4 is 10.2 Å². The molecule has 0 saturated carbocycles. The number of nitrogens with one attached hydrogen (secondary N) is 1. The Hall–Kier alpha value is -3.05. The third-order valence-electron chi connectivity index (χ3n) is 7.81. The summed E-state index contributed by atoms with van der Waals surface area (Å²) in [5.41, 5.74) is -0.926. The summed E-state index contributed by atoms with van der Waals surface area (Å²) in [5, 5.41) is 14.7. The zero-order chi connectivity index (χ0) is 27.0. The smallest absolute Gasteiger partial charge is 0.380 e. The highest BCUT2D eigenvalue weighted by atomic mass is 35.5. The number of nitro benzene ring substituents is 1. The van der Waals surface area contributed by atoms with Crippen molar-refractivity contribution in [2.24, 2.45) is 11.8 Å². The average Bonchev–Trinajstić information content (AvgIpc) is 3.58. The highest BCUT2D eigenvalue weighted by molar-refractivity contribution is 6.30. The van der Waals surface area contributed by atoms with Crippen molar-refractivity contribution >= 4 is 34.6 Å². The van der Waals surface area contributed by atoms with Crippen LogP contribution in [0.1, 0.15) is 25.8 Å². The molecule has 0 aromatic heterocycles. The highest BCUT2D eigenvalue weighted by Gasteiger charge is 2.41. The Morgan fingerprint density at radius 1 is 1.05 bits per heavy atom. The molecule has 3 fully saturated rings. The van der Waals surface area contributed by atoms with Gasteiger partial charge in [-0.1, -0.05) is 19.0 Å². The summed E-state index contributed by atoms with van der Waals surface area (Å²) >= 11 is 6.00. The molecule has 2 aromatic rings. The van der Waals surface area contributed by atoms with Crippen LogP contribution in [0, 0.1) is 22.0 Å². The second-order valence-electron chi connectivity index (χ2n) is 10.4. The molecule has 12 heteroatoms. The van der Waals surface area contributed by atoms with Crippen LogP contribution in [0.2, 0.25) is 5.02 Å². The first-order valence-corrected chi connectivity index (χ1v) is 13.1. The van der Waals surface area contributed by atoms with Crippen molar-refractivity contribution in [1.29, 1.82) is 0 Å². The number of nitrogens with zero attached hydrogens (tertiary/aromatic N) is 4. The lowest BCUT2D eigenvalue weighted by Gasteiger charge is -2.24. The third-order valence-corrected chi connectivity index (χ3v) is 8.06. The van der Waals surface area contributed by atoms with Crippen molar-refractivity contribution in [2.45, 2.75) is 32.5 Å². The van der Waals surface area contributed by atoms with Crippen LogP contribution in [0.3, 0.4) is 0 Å². The van der Waals surface area contributed by atoms with Gasteiger partial charge in [-0.05, 0) is 54.7 Å². The normalized spacial score (nSPS) is 23.0. The molecule has 3 heterocycles. The molecule has 3 aliphatic heterocycles. The topological polar surface area (TPSA) is 82.0 Å². The van der Waals surface area contributed by atoms with Gasteiger partial charge in [0.25, 0.3) is 5.69 Å². The predicted octanol–water partition coefficient (Wildman–Crippen LogP) is 5.37. The van der Waals surface area contributed by atoms with Gasteiger partial charge in [-0.15, -0.1) is 0 Å². The number of anilines is 2. The third kappa shape index (κ3) is 6.58. The van der Waals surface area contributed by atoms with Crippen molar-refractivity contribution in [3.63, 3.8) is 0 Å². The number of rotatable bonds is 7. The first-order valence-electron chi connectivity index (χ1n) is 12.7. The summed E-state index contributed by atoms with van der Waals surface area (Å²) in [4.78, 5) is 29.3. The lowest BCUT2D eigenvalue weighted by molar-refractivity contribution is -0.388. The molecule has 0 aliphatic carbocycles. The van der Waals surface area contributed by atoms with E-state index in [0.717, 1.165) is 43.3 Å². The van der Waals surface area contributed by atoms with Crippen LogP contribution in [0.5, 0.6) is 0 Å². The van der Waals surface area contributed by atoms with Crippen LogP contribution in [0.25, 0.3) is 0 Å². The Morgan fingerprint density at radius 2 is 1.72 bits per heavy atom. The highest BCUT2D eigenvalue weighted by Crippen LogP contribution is 2.38. The average molecular weight is 568 g/mol. The van der Waals surface area contributed by atoms with Gasteiger partial charge < -0.3 is 20.0 Å². The summed E-state index contributed by atoms with van der Waals surface area (Å²) in [7, 11) is 0. The number of alkyl halides is 3. The van der Waals surface area contributed by atoms with E-state index in [0.29, 0.717) is 44.3 Å². The number of amides is 1. The minimum absolute atomic E-state index is 0. The van der Waals surface area contributed by atoms with E-state index in [9.17, 15) is 28.1 Å². The van der Waals surface area contributed by atoms with E-state index in [-0.39, 0.29) is 25.1 Å². The molecule has 8 nitrogen and oxygen atoms in total. The molecule has 1 amide bonds. The van der Waals surface area contributed by atoms with Crippen molar-refractivity contribution in [2.75, 3.05) is 56.0 Å². The number of nitro groups is 1. The second kappa shape index (κ2) is 11.6. The van der Waals surface area contributed by atoms with Crippen LogP contribution in [-0.4, -0.2) is 72.5 Å². The van der Waals surface area contributed by atoms with E-state index in [2.05, 4.69) is 27.2 Å². The molecule has 212 valence electrons. The Labute approximate surface area is 230 Å². The fourth-order valence-corrected chi connectivity index (χ4v) is 6.03. The Morgan fingerprint density at radius 3 is 2.33 bits per heavy atom. The zero-order valence-electron chi connectivity index (χ0n) is 20.7. The van der Waals surface area contributed by atoms with E-state index in [4.69, 9.17) is 11.6 Å². The molecule has 5 rings (SSSR count). The van der Waals surface area contributed by atoms with Gasteiger partial charge in [-0.25, -0.2) is 0 Å². The lowest BCUT2D eigenvalue weighted by Crippen LogP contribution is -2.35. The van der Waals surface area contributed by atoms with Crippen molar-refractivity contribution in [3.05, 3.63) is 63.2 Å². The monoisotopic (exact) mass is 567 g/mol. The molecular formula is C27H33ClF3N5O3.